The van der Waals surface area contributed by atoms with Crippen LogP contribution in [0.5, 0.6) is 5.75 Å². The minimum atomic E-state index is -3.75. The molecule has 2 heterocycles. The van der Waals surface area contributed by atoms with E-state index in [4.69, 9.17) is 4.74 Å². The van der Waals surface area contributed by atoms with E-state index in [2.05, 4.69) is 5.10 Å². The van der Waals surface area contributed by atoms with E-state index in [-0.39, 0.29) is 67.5 Å². The van der Waals surface area contributed by atoms with Crippen LogP contribution in [-0.4, -0.2) is 54.8 Å². The topological polar surface area (TPSA) is 84.7 Å². The molecular formula is C30H25F5N4O4S. The van der Waals surface area contributed by atoms with Gasteiger partial charge >= 0.3 is 5.56 Å². The van der Waals surface area contributed by atoms with Crippen LogP contribution in [0.2, 0.25) is 0 Å². The number of ether oxygens (including phenoxy) is 1. The molecule has 4 aromatic rings. The Morgan fingerprint density at radius 2 is 1.48 bits per heavy atom. The number of piperazine rings is 1. The normalized spacial score (nSPS) is 17.1. The predicted octanol–water partition coefficient (Wildman–Crippen LogP) is 4.13. The molecule has 8 nitrogen and oxygen atoms in total. The summed E-state index contributed by atoms with van der Waals surface area (Å²) in [6.07, 6.45) is 0.678. The molecule has 0 N–H and O–H groups in total. The SMILES string of the molecule is O=c1c(OC2Cc3cc(F)cc(F)c3C2)c(N2CCN(S(=O)(=O)Cc3ccc(F)cc3)CC2)cnn1-c1cc(F)cc(F)c1. The quantitative estimate of drug-likeness (QED) is 0.285. The summed E-state index contributed by atoms with van der Waals surface area (Å²) in [6, 6.07) is 9.65. The molecular weight excluding hydrogens is 607 g/mol. The molecule has 14 heteroatoms. The smallest absolute Gasteiger partial charge is 0.316 e. The van der Waals surface area contributed by atoms with Gasteiger partial charge in [-0.15, -0.1) is 0 Å². The lowest BCUT2D eigenvalue weighted by Crippen LogP contribution is -2.49. The Morgan fingerprint density at radius 3 is 2.16 bits per heavy atom. The van der Waals surface area contributed by atoms with Gasteiger partial charge in [-0.1, -0.05) is 12.1 Å². The van der Waals surface area contributed by atoms with Crippen LogP contribution in [0.15, 0.2) is 65.6 Å². The highest BCUT2D eigenvalue weighted by molar-refractivity contribution is 7.88. The number of rotatable bonds is 7. The average Bonchev–Trinajstić information content (AvgIpc) is 3.37. The summed E-state index contributed by atoms with van der Waals surface area (Å²) in [6.45, 7) is 0.397. The van der Waals surface area contributed by atoms with E-state index in [0.29, 0.717) is 17.2 Å². The number of anilines is 1. The fourth-order valence-electron chi connectivity index (χ4n) is 5.56. The zero-order chi connectivity index (χ0) is 31.2. The number of halogens is 5. The second-order valence-corrected chi connectivity index (χ2v) is 12.6. The molecule has 3 aromatic carbocycles. The second-order valence-electron chi connectivity index (χ2n) is 10.6. The molecule has 1 saturated heterocycles. The first-order valence-corrected chi connectivity index (χ1v) is 15.3. The Labute approximate surface area is 249 Å². The van der Waals surface area contributed by atoms with Crippen LogP contribution >= 0.6 is 0 Å². The Bertz CT molecular complexity index is 1870. The molecule has 1 atom stereocenters. The molecule has 1 fully saturated rings. The lowest BCUT2D eigenvalue weighted by atomic mass is 10.1. The van der Waals surface area contributed by atoms with Crippen LogP contribution in [0.3, 0.4) is 0 Å². The van der Waals surface area contributed by atoms with Crippen molar-refractivity contribution in [1.82, 2.24) is 14.1 Å². The van der Waals surface area contributed by atoms with Crippen molar-refractivity contribution >= 4 is 15.7 Å². The molecule has 44 heavy (non-hydrogen) atoms. The van der Waals surface area contributed by atoms with Gasteiger partial charge in [0.2, 0.25) is 15.8 Å². The van der Waals surface area contributed by atoms with Crippen molar-refractivity contribution in [3.8, 4) is 11.4 Å². The summed E-state index contributed by atoms with van der Waals surface area (Å²) < 4.78 is 104. The first kappa shape index (κ1) is 29.8. The standard InChI is InChI=1S/C30H25F5N4O4S/c31-20-3-1-18(2-4-20)17-44(41,42)38-7-5-37(6-8-38)28-16-36-39(24-12-22(33)11-23(34)13-24)30(40)29(28)43-25-10-19-9-21(32)14-27(35)26(19)15-25/h1-4,9,11-14,16,25H,5-8,10,15,17H2. The van der Waals surface area contributed by atoms with E-state index < -0.39 is 50.8 Å². The Hall–Kier alpha value is -4.30. The van der Waals surface area contributed by atoms with Crippen LogP contribution in [-0.2, 0) is 28.6 Å². The van der Waals surface area contributed by atoms with Crippen LogP contribution in [0.1, 0.15) is 16.7 Å². The van der Waals surface area contributed by atoms with E-state index in [0.717, 1.165) is 22.9 Å². The van der Waals surface area contributed by atoms with Crippen molar-refractivity contribution in [1.29, 1.82) is 0 Å². The van der Waals surface area contributed by atoms with Crippen LogP contribution in [0.4, 0.5) is 27.6 Å². The number of hydrogen-bond donors (Lipinski definition) is 0. The second kappa shape index (κ2) is 11.7. The summed E-state index contributed by atoms with van der Waals surface area (Å²) in [5, 5.41) is 4.11. The molecule has 0 radical (unpaired) electrons. The molecule has 2 aliphatic rings. The van der Waals surface area contributed by atoms with Gasteiger partial charge < -0.3 is 9.64 Å². The predicted molar refractivity (Wildman–Crippen MR) is 151 cm³/mol. The lowest BCUT2D eigenvalue weighted by molar-refractivity contribution is 0.209. The van der Waals surface area contributed by atoms with Crippen LogP contribution in [0.25, 0.3) is 5.69 Å². The molecule has 6 rings (SSSR count). The molecule has 1 aromatic heterocycles. The maximum atomic E-state index is 14.4. The minimum absolute atomic E-state index is 0.0483. The highest BCUT2D eigenvalue weighted by Gasteiger charge is 2.32. The third-order valence-corrected chi connectivity index (χ3v) is 9.51. The van der Waals surface area contributed by atoms with Gasteiger partial charge in [0.15, 0.2) is 0 Å². The molecule has 0 amide bonds. The first-order chi connectivity index (χ1) is 21.0. The molecule has 1 aliphatic heterocycles. The summed E-state index contributed by atoms with van der Waals surface area (Å²) in [5.74, 6) is -4.35. The highest BCUT2D eigenvalue weighted by Crippen LogP contribution is 2.32. The highest BCUT2D eigenvalue weighted by atomic mass is 32.2. The summed E-state index contributed by atoms with van der Waals surface area (Å²) >= 11 is 0. The largest absolute Gasteiger partial charge is 0.482 e. The van der Waals surface area contributed by atoms with Crippen molar-refractivity contribution in [2.45, 2.75) is 24.7 Å². The zero-order valence-corrected chi connectivity index (χ0v) is 23.8. The molecule has 0 spiro atoms. The van der Waals surface area contributed by atoms with Gasteiger partial charge in [0.05, 0.1) is 17.6 Å². The fourth-order valence-corrected chi connectivity index (χ4v) is 7.08. The van der Waals surface area contributed by atoms with Gasteiger partial charge in [-0.3, -0.25) is 4.79 Å². The molecule has 0 saturated carbocycles. The molecule has 0 bridgehead atoms. The average molecular weight is 633 g/mol. The minimum Gasteiger partial charge on any atom is -0.482 e. The Balaban J connectivity index is 1.28. The van der Waals surface area contributed by atoms with Crippen molar-refractivity contribution in [3.05, 3.63) is 117 Å². The van der Waals surface area contributed by atoms with Gasteiger partial charge in [-0.2, -0.15) is 14.1 Å². The van der Waals surface area contributed by atoms with E-state index in [1.807, 2.05) is 0 Å². The van der Waals surface area contributed by atoms with E-state index in [1.165, 1.54) is 40.8 Å². The summed E-state index contributed by atoms with van der Waals surface area (Å²) in [4.78, 5) is 15.4. The van der Waals surface area contributed by atoms with Gasteiger partial charge in [-0.25, -0.2) is 30.4 Å². The van der Waals surface area contributed by atoms with E-state index >= 15 is 0 Å². The van der Waals surface area contributed by atoms with E-state index in [9.17, 15) is 35.2 Å². The first-order valence-electron chi connectivity index (χ1n) is 13.7. The van der Waals surface area contributed by atoms with Crippen molar-refractivity contribution in [2.75, 3.05) is 31.1 Å². The number of fused-ring (bicyclic) bond motifs is 1. The van der Waals surface area contributed by atoms with Crippen molar-refractivity contribution in [3.63, 3.8) is 0 Å². The third kappa shape index (κ3) is 6.04. The number of sulfonamides is 1. The number of nitrogens with zero attached hydrogens (tertiary/aromatic N) is 4. The lowest BCUT2D eigenvalue weighted by Gasteiger charge is -2.36. The molecule has 230 valence electrons. The Kier molecular flexibility index (Phi) is 7.88. The van der Waals surface area contributed by atoms with Crippen molar-refractivity contribution < 1.29 is 35.1 Å². The van der Waals surface area contributed by atoms with Gasteiger partial charge in [-0.05, 0) is 47.0 Å². The zero-order valence-electron chi connectivity index (χ0n) is 23.0. The number of hydrogen-bond acceptors (Lipinski definition) is 6. The van der Waals surface area contributed by atoms with Gasteiger partial charge in [0, 0.05) is 51.2 Å². The monoisotopic (exact) mass is 632 g/mol. The summed E-state index contributed by atoms with van der Waals surface area (Å²) in [7, 11) is -3.75. The summed E-state index contributed by atoms with van der Waals surface area (Å²) in [5.41, 5.74) is 0.265. The van der Waals surface area contributed by atoms with Gasteiger partial charge in [0.25, 0.3) is 0 Å². The van der Waals surface area contributed by atoms with Crippen LogP contribution in [0, 0.1) is 29.1 Å². The number of benzene rings is 3. The molecule has 1 unspecified atom stereocenters. The third-order valence-electron chi connectivity index (χ3n) is 7.66. The number of aromatic nitrogens is 2. The van der Waals surface area contributed by atoms with Crippen molar-refractivity contribution in [2.24, 2.45) is 0 Å². The molecule has 1 aliphatic carbocycles. The van der Waals surface area contributed by atoms with E-state index in [1.54, 1.807) is 4.90 Å². The maximum absolute atomic E-state index is 14.4. The van der Waals surface area contributed by atoms with Gasteiger partial charge in [0.1, 0.15) is 40.9 Å². The fraction of sp³-hybridized carbons (Fsp3) is 0.267. The Morgan fingerprint density at radius 1 is 0.818 bits per heavy atom. The maximum Gasteiger partial charge on any atom is 0.316 e. The van der Waals surface area contributed by atoms with Crippen LogP contribution < -0.4 is 15.2 Å².